The molecule has 0 spiro atoms. The number of anilines is 2. The summed E-state index contributed by atoms with van der Waals surface area (Å²) < 4.78 is 11.0. The molecule has 0 unspecified atom stereocenters. The van der Waals surface area contributed by atoms with Crippen molar-refractivity contribution in [1.82, 2.24) is 4.98 Å². The number of aromatic nitrogens is 1. The number of hydrogen-bond acceptors (Lipinski definition) is 6. The van der Waals surface area contributed by atoms with Crippen LogP contribution in [0.25, 0.3) is 0 Å². The first kappa shape index (κ1) is 21.8. The molecule has 3 aromatic rings. The summed E-state index contributed by atoms with van der Waals surface area (Å²) in [6, 6.07) is 20.0. The van der Waals surface area contributed by atoms with E-state index in [-0.39, 0.29) is 0 Å². The Bertz CT molecular complexity index is 1020. The number of benzene rings is 2. The van der Waals surface area contributed by atoms with Gasteiger partial charge in [-0.3, -0.25) is 4.79 Å². The van der Waals surface area contributed by atoms with E-state index in [0.29, 0.717) is 29.4 Å². The minimum Gasteiger partial charge on any atom is -0.489 e. The van der Waals surface area contributed by atoms with Crippen molar-refractivity contribution < 1.29 is 19.1 Å². The van der Waals surface area contributed by atoms with E-state index < -0.39 is 18.0 Å². The smallest absolute Gasteiger partial charge is 0.339 e. The first-order valence-corrected chi connectivity index (χ1v) is 9.84. The topological polar surface area (TPSA) is 80.8 Å². The Morgan fingerprint density at radius 1 is 1.03 bits per heavy atom. The number of amides is 1. The van der Waals surface area contributed by atoms with Crippen molar-refractivity contribution in [3.63, 3.8) is 0 Å². The van der Waals surface area contributed by atoms with Crippen LogP contribution >= 0.6 is 0 Å². The Hall–Kier alpha value is -3.87. The van der Waals surface area contributed by atoms with Gasteiger partial charge in [0.25, 0.3) is 5.91 Å². The standard InChI is InChI=1S/C24H25N3O4/c1-17(31-24(29)19-13-14-25-22(15-19)27(2)3)23(28)26-20-9-11-21(12-10-20)30-16-18-7-5-4-6-8-18/h4-15,17H,16H2,1-3H3,(H,26,28)/t17-/m0/s1. The van der Waals surface area contributed by atoms with E-state index in [9.17, 15) is 9.59 Å². The molecule has 1 N–H and O–H groups in total. The number of pyridine rings is 1. The Kier molecular flexibility index (Phi) is 7.22. The van der Waals surface area contributed by atoms with Gasteiger partial charge in [-0.05, 0) is 48.9 Å². The third-order valence-corrected chi connectivity index (χ3v) is 4.46. The maximum Gasteiger partial charge on any atom is 0.339 e. The Labute approximate surface area is 181 Å². The van der Waals surface area contributed by atoms with Crippen LogP contribution in [0.3, 0.4) is 0 Å². The lowest BCUT2D eigenvalue weighted by Crippen LogP contribution is -2.30. The van der Waals surface area contributed by atoms with Crippen molar-refractivity contribution in [2.75, 3.05) is 24.3 Å². The highest BCUT2D eigenvalue weighted by atomic mass is 16.5. The molecule has 0 radical (unpaired) electrons. The van der Waals surface area contributed by atoms with E-state index in [1.54, 1.807) is 41.3 Å². The zero-order chi connectivity index (χ0) is 22.2. The number of nitrogens with one attached hydrogen (secondary N) is 1. The zero-order valence-electron chi connectivity index (χ0n) is 17.7. The SMILES string of the molecule is C[C@H](OC(=O)c1ccnc(N(C)C)c1)C(=O)Nc1ccc(OCc2ccccc2)cc1. The molecule has 3 rings (SSSR count). The van der Waals surface area contributed by atoms with Crippen LogP contribution in [0.5, 0.6) is 5.75 Å². The second-order valence-corrected chi connectivity index (χ2v) is 7.13. The minimum absolute atomic E-state index is 0.332. The molecule has 1 aromatic heterocycles. The summed E-state index contributed by atoms with van der Waals surface area (Å²) in [5.74, 6) is 0.308. The van der Waals surface area contributed by atoms with Crippen molar-refractivity contribution >= 4 is 23.4 Å². The number of carbonyl (C=O) groups is 2. The predicted octanol–water partition coefficient (Wildman–Crippen LogP) is 3.91. The molecule has 1 heterocycles. The molecule has 0 saturated heterocycles. The summed E-state index contributed by atoms with van der Waals surface area (Å²) >= 11 is 0. The lowest BCUT2D eigenvalue weighted by molar-refractivity contribution is -0.123. The van der Waals surface area contributed by atoms with E-state index in [1.165, 1.54) is 13.1 Å². The van der Waals surface area contributed by atoms with Crippen LogP contribution in [-0.4, -0.2) is 37.1 Å². The monoisotopic (exact) mass is 419 g/mol. The first-order chi connectivity index (χ1) is 14.9. The summed E-state index contributed by atoms with van der Waals surface area (Å²) in [6.45, 7) is 1.99. The van der Waals surface area contributed by atoms with Gasteiger partial charge < -0.3 is 19.7 Å². The normalized spacial score (nSPS) is 11.3. The van der Waals surface area contributed by atoms with Crippen molar-refractivity contribution in [2.45, 2.75) is 19.6 Å². The second kappa shape index (κ2) is 10.2. The molecule has 31 heavy (non-hydrogen) atoms. The third-order valence-electron chi connectivity index (χ3n) is 4.46. The Balaban J connectivity index is 1.52. The molecule has 1 amide bonds. The lowest BCUT2D eigenvalue weighted by Gasteiger charge is -2.15. The predicted molar refractivity (Wildman–Crippen MR) is 119 cm³/mol. The molecule has 1 atom stereocenters. The van der Waals surface area contributed by atoms with Crippen molar-refractivity contribution in [3.05, 3.63) is 84.1 Å². The third kappa shape index (κ3) is 6.30. The molecule has 0 fully saturated rings. The summed E-state index contributed by atoms with van der Waals surface area (Å²) in [5, 5.41) is 2.74. The Morgan fingerprint density at radius 3 is 2.42 bits per heavy atom. The van der Waals surface area contributed by atoms with Gasteiger partial charge in [0.1, 0.15) is 18.2 Å². The van der Waals surface area contributed by atoms with Crippen LogP contribution in [0.4, 0.5) is 11.5 Å². The van der Waals surface area contributed by atoms with Crippen molar-refractivity contribution in [2.24, 2.45) is 0 Å². The second-order valence-electron chi connectivity index (χ2n) is 7.13. The summed E-state index contributed by atoms with van der Waals surface area (Å²) in [5.41, 5.74) is 1.99. The molecule has 0 aliphatic heterocycles. The molecule has 0 aliphatic carbocycles. The van der Waals surface area contributed by atoms with E-state index >= 15 is 0 Å². The van der Waals surface area contributed by atoms with E-state index in [2.05, 4.69) is 10.3 Å². The number of hydrogen-bond donors (Lipinski definition) is 1. The average molecular weight is 419 g/mol. The molecule has 7 nitrogen and oxygen atoms in total. The highest BCUT2D eigenvalue weighted by molar-refractivity contribution is 5.97. The van der Waals surface area contributed by atoms with Crippen molar-refractivity contribution in [3.8, 4) is 5.75 Å². The highest BCUT2D eigenvalue weighted by Gasteiger charge is 2.19. The largest absolute Gasteiger partial charge is 0.489 e. The number of ether oxygens (including phenoxy) is 2. The fourth-order valence-corrected chi connectivity index (χ4v) is 2.69. The molecule has 0 bridgehead atoms. The van der Waals surface area contributed by atoms with Crippen LogP contribution in [0.15, 0.2) is 72.9 Å². The van der Waals surface area contributed by atoms with E-state index in [0.717, 1.165) is 5.56 Å². The number of carbonyl (C=O) groups excluding carboxylic acids is 2. The van der Waals surface area contributed by atoms with Crippen LogP contribution in [0.1, 0.15) is 22.8 Å². The van der Waals surface area contributed by atoms with Crippen LogP contribution in [-0.2, 0) is 16.1 Å². The molecule has 0 aliphatic rings. The molecule has 0 saturated carbocycles. The number of rotatable bonds is 8. The molecular formula is C24H25N3O4. The average Bonchev–Trinajstić information content (AvgIpc) is 2.79. The van der Waals surface area contributed by atoms with Gasteiger partial charge in [-0.15, -0.1) is 0 Å². The van der Waals surface area contributed by atoms with E-state index in [1.807, 2.05) is 44.4 Å². The summed E-state index contributed by atoms with van der Waals surface area (Å²) in [4.78, 5) is 30.7. The molecule has 160 valence electrons. The summed E-state index contributed by atoms with van der Waals surface area (Å²) in [7, 11) is 3.65. The van der Waals surface area contributed by atoms with E-state index in [4.69, 9.17) is 9.47 Å². The molecule has 2 aromatic carbocycles. The van der Waals surface area contributed by atoms with Gasteiger partial charge in [0.2, 0.25) is 0 Å². The molecule has 7 heteroatoms. The first-order valence-electron chi connectivity index (χ1n) is 9.84. The van der Waals surface area contributed by atoms with Crippen molar-refractivity contribution in [1.29, 1.82) is 0 Å². The van der Waals surface area contributed by atoms with Crippen LogP contribution < -0.4 is 15.0 Å². The number of esters is 1. The van der Waals surface area contributed by atoms with Gasteiger partial charge in [0.05, 0.1) is 5.56 Å². The quantitative estimate of drug-likeness (QED) is 0.558. The van der Waals surface area contributed by atoms with Crippen LogP contribution in [0.2, 0.25) is 0 Å². The van der Waals surface area contributed by atoms with Gasteiger partial charge in [0.15, 0.2) is 6.10 Å². The molecular weight excluding hydrogens is 394 g/mol. The van der Waals surface area contributed by atoms with Gasteiger partial charge in [-0.2, -0.15) is 0 Å². The fraction of sp³-hybridized carbons (Fsp3) is 0.208. The zero-order valence-corrected chi connectivity index (χ0v) is 17.7. The minimum atomic E-state index is -0.961. The Morgan fingerprint density at radius 2 is 1.74 bits per heavy atom. The number of nitrogens with zero attached hydrogens (tertiary/aromatic N) is 2. The van der Waals surface area contributed by atoms with Gasteiger partial charge in [0, 0.05) is 26.0 Å². The van der Waals surface area contributed by atoms with Gasteiger partial charge >= 0.3 is 5.97 Å². The maximum atomic E-state index is 12.4. The van der Waals surface area contributed by atoms with Crippen LogP contribution in [0, 0.1) is 0 Å². The van der Waals surface area contributed by atoms with Gasteiger partial charge in [-0.1, -0.05) is 30.3 Å². The lowest BCUT2D eigenvalue weighted by atomic mass is 10.2. The fourth-order valence-electron chi connectivity index (χ4n) is 2.69. The van der Waals surface area contributed by atoms with Gasteiger partial charge in [-0.25, -0.2) is 9.78 Å². The highest BCUT2D eigenvalue weighted by Crippen LogP contribution is 2.18. The maximum absolute atomic E-state index is 12.4. The summed E-state index contributed by atoms with van der Waals surface area (Å²) in [6.07, 6.45) is 0.565.